The second-order valence-electron chi connectivity index (χ2n) is 8.93. The monoisotopic (exact) mass is 488 g/mol. The predicted octanol–water partition coefficient (Wildman–Crippen LogP) is 4.86. The standard InChI is InChI=1S/C30H36N2O4/c1-5-16-31-30(34)27(19-24-10-7-6-8-11-24)32(20-25-12-9-13-26(18-25)35-4)29(33)21-36-28-15-14-22(2)17-23(28)3/h6-15,17-18,27H,5,16,19-21H2,1-4H3,(H,31,34). The van der Waals surface area contributed by atoms with E-state index in [1.54, 1.807) is 12.0 Å². The molecule has 2 amide bonds. The second kappa shape index (κ2) is 13.3. The Morgan fingerprint density at radius 1 is 0.944 bits per heavy atom. The van der Waals surface area contributed by atoms with Crippen molar-refractivity contribution in [2.45, 2.75) is 46.2 Å². The van der Waals surface area contributed by atoms with Gasteiger partial charge in [-0.25, -0.2) is 0 Å². The van der Waals surface area contributed by atoms with E-state index in [0.717, 1.165) is 28.7 Å². The Hall–Kier alpha value is -3.80. The van der Waals surface area contributed by atoms with Gasteiger partial charge in [0.15, 0.2) is 6.61 Å². The topological polar surface area (TPSA) is 67.9 Å². The van der Waals surface area contributed by atoms with Crippen LogP contribution < -0.4 is 14.8 Å². The molecular formula is C30H36N2O4. The number of hydrogen-bond donors (Lipinski definition) is 1. The molecule has 1 unspecified atom stereocenters. The highest BCUT2D eigenvalue weighted by molar-refractivity contribution is 5.88. The number of hydrogen-bond acceptors (Lipinski definition) is 4. The second-order valence-corrected chi connectivity index (χ2v) is 8.93. The normalized spacial score (nSPS) is 11.4. The summed E-state index contributed by atoms with van der Waals surface area (Å²) in [6.07, 6.45) is 1.21. The van der Waals surface area contributed by atoms with Gasteiger partial charge in [0.05, 0.1) is 7.11 Å². The van der Waals surface area contributed by atoms with Crippen LogP contribution in [0.4, 0.5) is 0 Å². The lowest BCUT2D eigenvalue weighted by Gasteiger charge is -2.31. The van der Waals surface area contributed by atoms with Crippen LogP contribution in [0.3, 0.4) is 0 Å². The van der Waals surface area contributed by atoms with Crippen LogP contribution in [-0.4, -0.2) is 43.0 Å². The lowest BCUT2D eigenvalue weighted by Crippen LogP contribution is -2.51. The Labute approximate surface area is 214 Å². The van der Waals surface area contributed by atoms with Gasteiger partial charge in [-0.2, -0.15) is 0 Å². The SMILES string of the molecule is CCCNC(=O)C(Cc1ccccc1)N(Cc1cccc(OC)c1)C(=O)COc1ccc(C)cc1C. The third-order valence-electron chi connectivity index (χ3n) is 5.99. The molecule has 6 heteroatoms. The van der Waals surface area contributed by atoms with E-state index in [9.17, 15) is 9.59 Å². The molecule has 3 rings (SSSR count). The quantitative estimate of drug-likeness (QED) is 0.396. The first-order valence-electron chi connectivity index (χ1n) is 12.3. The first-order chi connectivity index (χ1) is 17.4. The van der Waals surface area contributed by atoms with Gasteiger partial charge in [0.2, 0.25) is 5.91 Å². The summed E-state index contributed by atoms with van der Waals surface area (Å²) in [6.45, 7) is 6.61. The van der Waals surface area contributed by atoms with Crippen molar-refractivity contribution in [2.75, 3.05) is 20.3 Å². The molecule has 1 N–H and O–H groups in total. The molecule has 0 saturated carbocycles. The molecule has 190 valence electrons. The molecule has 0 saturated heterocycles. The number of carbonyl (C=O) groups is 2. The van der Waals surface area contributed by atoms with Crippen molar-refractivity contribution in [1.29, 1.82) is 0 Å². The molecule has 1 atom stereocenters. The van der Waals surface area contributed by atoms with E-state index < -0.39 is 6.04 Å². The third kappa shape index (κ3) is 7.60. The molecule has 3 aromatic carbocycles. The first-order valence-corrected chi connectivity index (χ1v) is 12.3. The zero-order chi connectivity index (χ0) is 25.9. The summed E-state index contributed by atoms with van der Waals surface area (Å²) in [7, 11) is 1.61. The number of carbonyl (C=O) groups excluding carboxylic acids is 2. The molecule has 0 fully saturated rings. The lowest BCUT2D eigenvalue weighted by molar-refractivity contribution is -0.142. The number of aryl methyl sites for hydroxylation is 2. The fraction of sp³-hybridized carbons (Fsp3) is 0.333. The molecule has 0 heterocycles. The summed E-state index contributed by atoms with van der Waals surface area (Å²) >= 11 is 0. The molecule has 3 aromatic rings. The number of methoxy groups -OCH3 is 1. The van der Waals surface area contributed by atoms with Gasteiger partial charge in [-0.15, -0.1) is 0 Å². The molecule has 0 aliphatic heterocycles. The summed E-state index contributed by atoms with van der Waals surface area (Å²) in [6, 6.07) is 22.5. The fourth-order valence-corrected chi connectivity index (χ4v) is 4.07. The number of nitrogens with zero attached hydrogens (tertiary/aromatic N) is 1. The van der Waals surface area contributed by atoms with Crippen LogP contribution in [0.2, 0.25) is 0 Å². The van der Waals surface area contributed by atoms with Crippen LogP contribution >= 0.6 is 0 Å². The largest absolute Gasteiger partial charge is 0.497 e. The number of amides is 2. The van der Waals surface area contributed by atoms with Crippen LogP contribution in [-0.2, 0) is 22.6 Å². The van der Waals surface area contributed by atoms with Gasteiger partial charge < -0.3 is 19.7 Å². The van der Waals surface area contributed by atoms with Gasteiger partial charge in [-0.1, -0.05) is 67.1 Å². The zero-order valence-corrected chi connectivity index (χ0v) is 21.6. The highest BCUT2D eigenvalue weighted by atomic mass is 16.5. The van der Waals surface area contributed by atoms with Crippen LogP contribution in [0.1, 0.15) is 35.6 Å². The molecule has 0 aromatic heterocycles. The molecule has 0 bridgehead atoms. The number of nitrogens with one attached hydrogen (secondary N) is 1. The first kappa shape index (κ1) is 26.8. The third-order valence-corrected chi connectivity index (χ3v) is 5.99. The Bertz CT molecular complexity index is 1150. The van der Waals surface area contributed by atoms with Crippen molar-refractivity contribution >= 4 is 11.8 Å². The maximum Gasteiger partial charge on any atom is 0.261 e. The van der Waals surface area contributed by atoms with Gasteiger partial charge in [-0.3, -0.25) is 9.59 Å². The van der Waals surface area contributed by atoms with Crippen LogP contribution in [0.15, 0.2) is 72.8 Å². The van der Waals surface area contributed by atoms with E-state index in [1.807, 2.05) is 93.6 Å². The van der Waals surface area contributed by atoms with Crippen LogP contribution in [0, 0.1) is 13.8 Å². The lowest BCUT2D eigenvalue weighted by atomic mass is 10.0. The highest BCUT2D eigenvalue weighted by Gasteiger charge is 2.30. The maximum absolute atomic E-state index is 13.7. The summed E-state index contributed by atoms with van der Waals surface area (Å²) in [5.41, 5.74) is 3.94. The van der Waals surface area contributed by atoms with Crippen molar-refractivity contribution in [3.63, 3.8) is 0 Å². The van der Waals surface area contributed by atoms with Crippen molar-refractivity contribution < 1.29 is 19.1 Å². The van der Waals surface area contributed by atoms with E-state index in [-0.39, 0.29) is 25.0 Å². The molecule has 0 radical (unpaired) electrons. The summed E-state index contributed by atoms with van der Waals surface area (Å²) in [4.78, 5) is 28.6. The molecule has 36 heavy (non-hydrogen) atoms. The molecule has 0 aliphatic rings. The van der Waals surface area contributed by atoms with Crippen LogP contribution in [0.5, 0.6) is 11.5 Å². The highest BCUT2D eigenvalue weighted by Crippen LogP contribution is 2.21. The van der Waals surface area contributed by atoms with Gasteiger partial charge in [0.1, 0.15) is 17.5 Å². The average molecular weight is 489 g/mol. The minimum absolute atomic E-state index is 0.166. The van der Waals surface area contributed by atoms with Crippen molar-refractivity contribution in [1.82, 2.24) is 10.2 Å². The van der Waals surface area contributed by atoms with Crippen molar-refractivity contribution in [3.8, 4) is 11.5 Å². The fourth-order valence-electron chi connectivity index (χ4n) is 4.07. The number of rotatable bonds is 12. The summed E-state index contributed by atoms with van der Waals surface area (Å²) < 4.78 is 11.3. The number of ether oxygens (including phenoxy) is 2. The Morgan fingerprint density at radius 2 is 1.69 bits per heavy atom. The van der Waals surface area contributed by atoms with Crippen molar-refractivity contribution in [2.24, 2.45) is 0 Å². The molecule has 6 nitrogen and oxygen atoms in total. The summed E-state index contributed by atoms with van der Waals surface area (Å²) in [5.74, 6) is 0.917. The van der Waals surface area contributed by atoms with Crippen molar-refractivity contribution in [3.05, 3.63) is 95.1 Å². The minimum atomic E-state index is -0.694. The molecule has 0 spiro atoms. The minimum Gasteiger partial charge on any atom is -0.497 e. The Balaban J connectivity index is 1.91. The van der Waals surface area contributed by atoms with E-state index in [2.05, 4.69) is 5.32 Å². The molecule has 0 aliphatic carbocycles. The van der Waals surface area contributed by atoms with Gasteiger partial charge >= 0.3 is 0 Å². The molecular weight excluding hydrogens is 452 g/mol. The average Bonchev–Trinajstić information content (AvgIpc) is 2.89. The maximum atomic E-state index is 13.7. The van der Waals surface area contributed by atoms with Gasteiger partial charge in [0.25, 0.3) is 5.91 Å². The Kier molecular flexibility index (Phi) is 9.92. The van der Waals surface area contributed by atoms with Crippen LogP contribution in [0.25, 0.3) is 0 Å². The van der Waals surface area contributed by atoms with E-state index in [1.165, 1.54) is 0 Å². The van der Waals surface area contributed by atoms with E-state index in [0.29, 0.717) is 24.5 Å². The van der Waals surface area contributed by atoms with E-state index in [4.69, 9.17) is 9.47 Å². The van der Waals surface area contributed by atoms with Gasteiger partial charge in [-0.05, 0) is 55.2 Å². The smallest absolute Gasteiger partial charge is 0.261 e. The van der Waals surface area contributed by atoms with Gasteiger partial charge in [0, 0.05) is 19.5 Å². The zero-order valence-electron chi connectivity index (χ0n) is 21.6. The predicted molar refractivity (Wildman–Crippen MR) is 142 cm³/mol. The van der Waals surface area contributed by atoms with E-state index >= 15 is 0 Å². The summed E-state index contributed by atoms with van der Waals surface area (Å²) in [5, 5.41) is 2.99. The number of benzene rings is 3. The Morgan fingerprint density at radius 3 is 2.39 bits per heavy atom.